The molecule has 0 saturated carbocycles. The summed E-state index contributed by atoms with van der Waals surface area (Å²) in [4.78, 5) is 12.3. The molecule has 0 saturated heterocycles. The SMILES string of the molecule is CCn1c(CNc2ccc(C)cc2)nnc1SCC(=O)Nc1ccccc1OC. The molecule has 0 spiro atoms. The number of hydrogen-bond acceptors (Lipinski definition) is 6. The predicted molar refractivity (Wildman–Crippen MR) is 117 cm³/mol. The van der Waals surface area contributed by atoms with Gasteiger partial charge in [-0.05, 0) is 38.1 Å². The zero-order chi connectivity index (χ0) is 20.6. The van der Waals surface area contributed by atoms with Gasteiger partial charge in [0.1, 0.15) is 5.75 Å². The van der Waals surface area contributed by atoms with Gasteiger partial charge in [-0.2, -0.15) is 0 Å². The largest absolute Gasteiger partial charge is 0.495 e. The molecule has 1 aromatic heterocycles. The molecule has 1 amide bonds. The maximum Gasteiger partial charge on any atom is 0.234 e. The van der Waals surface area contributed by atoms with E-state index in [1.165, 1.54) is 17.3 Å². The van der Waals surface area contributed by atoms with Gasteiger partial charge < -0.3 is 19.9 Å². The summed E-state index contributed by atoms with van der Waals surface area (Å²) in [5.74, 6) is 1.58. The number of nitrogens with zero attached hydrogens (tertiary/aromatic N) is 3. The van der Waals surface area contributed by atoms with Crippen molar-refractivity contribution >= 4 is 29.0 Å². The summed E-state index contributed by atoms with van der Waals surface area (Å²) in [5.41, 5.74) is 2.91. The Balaban J connectivity index is 1.58. The molecule has 1 heterocycles. The minimum atomic E-state index is -0.121. The van der Waals surface area contributed by atoms with Gasteiger partial charge in [0.25, 0.3) is 0 Å². The third-order valence-electron chi connectivity index (χ3n) is 4.33. The molecule has 0 aliphatic heterocycles. The van der Waals surface area contributed by atoms with Gasteiger partial charge in [-0.1, -0.05) is 41.6 Å². The average molecular weight is 412 g/mol. The molecule has 0 bridgehead atoms. The van der Waals surface area contributed by atoms with Crippen LogP contribution in [0.5, 0.6) is 5.75 Å². The maximum atomic E-state index is 12.3. The standard InChI is InChI=1S/C21H25N5O2S/c1-4-26-19(13-22-16-11-9-15(2)10-12-16)24-25-21(26)29-14-20(27)23-17-7-5-6-8-18(17)28-3/h5-12,22H,4,13-14H2,1-3H3,(H,23,27). The molecule has 0 aliphatic rings. The van der Waals surface area contributed by atoms with Crippen LogP contribution in [0, 0.1) is 6.92 Å². The van der Waals surface area contributed by atoms with E-state index in [0.717, 1.165) is 23.2 Å². The van der Waals surface area contributed by atoms with Crippen LogP contribution in [0.1, 0.15) is 18.3 Å². The van der Waals surface area contributed by atoms with Crippen molar-refractivity contribution in [3.63, 3.8) is 0 Å². The monoisotopic (exact) mass is 411 g/mol. The summed E-state index contributed by atoms with van der Waals surface area (Å²) in [6.45, 7) is 5.40. The van der Waals surface area contributed by atoms with E-state index in [1.54, 1.807) is 7.11 Å². The number of anilines is 2. The van der Waals surface area contributed by atoms with E-state index < -0.39 is 0 Å². The summed E-state index contributed by atoms with van der Waals surface area (Å²) in [6, 6.07) is 15.5. The van der Waals surface area contributed by atoms with Crippen LogP contribution in [0.3, 0.4) is 0 Å². The van der Waals surface area contributed by atoms with Crippen molar-refractivity contribution in [2.24, 2.45) is 0 Å². The Labute approximate surface area is 174 Å². The maximum absolute atomic E-state index is 12.3. The highest BCUT2D eigenvalue weighted by molar-refractivity contribution is 7.99. The topological polar surface area (TPSA) is 81.1 Å². The second kappa shape index (κ2) is 9.97. The first kappa shape index (κ1) is 20.7. The van der Waals surface area contributed by atoms with Crippen LogP contribution in [0.25, 0.3) is 0 Å². The molecule has 2 N–H and O–H groups in total. The average Bonchev–Trinajstić information content (AvgIpc) is 3.14. The molecular weight excluding hydrogens is 386 g/mol. The number of ether oxygens (including phenoxy) is 1. The van der Waals surface area contributed by atoms with Gasteiger partial charge >= 0.3 is 0 Å². The number of para-hydroxylation sites is 2. The number of aryl methyl sites for hydroxylation is 1. The second-order valence-corrected chi connectivity index (χ2v) is 7.34. The van der Waals surface area contributed by atoms with E-state index in [2.05, 4.69) is 39.9 Å². The van der Waals surface area contributed by atoms with Crippen molar-refractivity contribution < 1.29 is 9.53 Å². The Morgan fingerprint density at radius 3 is 2.62 bits per heavy atom. The van der Waals surface area contributed by atoms with Gasteiger partial charge in [-0.15, -0.1) is 10.2 Å². The normalized spacial score (nSPS) is 10.6. The number of amides is 1. The number of methoxy groups -OCH3 is 1. The lowest BCUT2D eigenvalue weighted by Gasteiger charge is -2.10. The van der Waals surface area contributed by atoms with Crippen molar-refractivity contribution in [1.82, 2.24) is 14.8 Å². The number of nitrogens with one attached hydrogen (secondary N) is 2. The van der Waals surface area contributed by atoms with Crippen molar-refractivity contribution in [1.29, 1.82) is 0 Å². The Morgan fingerprint density at radius 1 is 1.14 bits per heavy atom. The fourth-order valence-corrected chi connectivity index (χ4v) is 3.61. The third kappa shape index (κ3) is 5.51. The molecule has 8 heteroatoms. The number of thioether (sulfide) groups is 1. The smallest absolute Gasteiger partial charge is 0.234 e. The second-order valence-electron chi connectivity index (χ2n) is 6.40. The number of hydrogen-bond donors (Lipinski definition) is 2. The summed E-state index contributed by atoms with van der Waals surface area (Å²) in [6.07, 6.45) is 0. The Morgan fingerprint density at radius 2 is 1.90 bits per heavy atom. The van der Waals surface area contributed by atoms with E-state index in [-0.39, 0.29) is 11.7 Å². The van der Waals surface area contributed by atoms with Gasteiger partial charge in [-0.3, -0.25) is 4.79 Å². The zero-order valence-electron chi connectivity index (χ0n) is 16.8. The van der Waals surface area contributed by atoms with Gasteiger partial charge in [0, 0.05) is 12.2 Å². The van der Waals surface area contributed by atoms with Crippen LogP contribution < -0.4 is 15.4 Å². The highest BCUT2D eigenvalue weighted by atomic mass is 32.2. The third-order valence-corrected chi connectivity index (χ3v) is 5.29. The van der Waals surface area contributed by atoms with E-state index in [9.17, 15) is 4.79 Å². The quantitative estimate of drug-likeness (QED) is 0.519. The summed E-state index contributed by atoms with van der Waals surface area (Å²) < 4.78 is 7.28. The van der Waals surface area contributed by atoms with Crippen molar-refractivity contribution in [2.75, 3.05) is 23.5 Å². The van der Waals surface area contributed by atoms with Crippen LogP contribution >= 0.6 is 11.8 Å². The molecular formula is C21H25N5O2S. The van der Waals surface area contributed by atoms with Crippen LogP contribution in [0.15, 0.2) is 53.7 Å². The Bertz CT molecular complexity index is 956. The molecule has 0 fully saturated rings. The Hall–Kier alpha value is -3.00. The number of aromatic nitrogens is 3. The molecule has 29 heavy (non-hydrogen) atoms. The summed E-state index contributed by atoms with van der Waals surface area (Å²) >= 11 is 1.37. The lowest BCUT2D eigenvalue weighted by atomic mass is 10.2. The summed E-state index contributed by atoms with van der Waals surface area (Å²) in [5, 5.41) is 15.5. The van der Waals surface area contributed by atoms with E-state index in [4.69, 9.17) is 4.74 Å². The minimum Gasteiger partial charge on any atom is -0.495 e. The summed E-state index contributed by atoms with van der Waals surface area (Å²) in [7, 11) is 1.58. The minimum absolute atomic E-state index is 0.121. The number of rotatable bonds is 9. The number of carbonyl (C=O) groups is 1. The molecule has 3 rings (SSSR count). The van der Waals surface area contributed by atoms with Gasteiger partial charge in [0.2, 0.25) is 5.91 Å². The van der Waals surface area contributed by atoms with Gasteiger partial charge in [0.05, 0.1) is 25.1 Å². The zero-order valence-corrected chi connectivity index (χ0v) is 17.6. The predicted octanol–water partition coefficient (Wildman–Crippen LogP) is 3.96. The van der Waals surface area contributed by atoms with E-state index >= 15 is 0 Å². The first-order valence-corrected chi connectivity index (χ1v) is 10.4. The number of benzene rings is 2. The van der Waals surface area contributed by atoms with Crippen molar-refractivity contribution in [3.8, 4) is 5.75 Å². The highest BCUT2D eigenvalue weighted by Gasteiger charge is 2.14. The lowest BCUT2D eigenvalue weighted by molar-refractivity contribution is -0.113. The van der Waals surface area contributed by atoms with E-state index in [0.29, 0.717) is 18.0 Å². The van der Waals surface area contributed by atoms with Crippen LogP contribution in [0.2, 0.25) is 0 Å². The fourth-order valence-electron chi connectivity index (χ4n) is 2.79. The lowest BCUT2D eigenvalue weighted by Crippen LogP contribution is -2.15. The van der Waals surface area contributed by atoms with Crippen molar-refractivity contribution in [3.05, 3.63) is 59.9 Å². The van der Waals surface area contributed by atoms with E-state index in [1.807, 2.05) is 47.9 Å². The molecule has 2 aromatic carbocycles. The van der Waals surface area contributed by atoms with Crippen molar-refractivity contribution in [2.45, 2.75) is 32.1 Å². The molecule has 152 valence electrons. The van der Waals surface area contributed by atoms with Crippen LogP contribution in [-0.2, 0) is 17.9 Å². The molecule has 0 aliphatic carbocycles. The van der Waals surface area contributed by atoms with Crippen LogP contribution in [-0.4, -0.2) is 33.5 Å². The highest BCUT2D eigenvalue weighted by Crippen LogP contribution is 2.24. The van der Waals surface area contributed by atoms with Gasteiger partial charge in [-0.25, -0.2) is 0 Å². The fraction of sp³-hybridized carbons (Fsp3) is 0.286. The number of carbonyl (C=O) groups excluding carboxylic acids is 1. The first-order chi connectivity index (χ1) is 14.1. The molecule has 0 unspecified atom stereocenters. The molecule has 0 atom stereocenters. The molecule has 0 radical (unpaired) electrons. The molecule has 3 aromatic rings. The first-order valence-electron chi connectivity index (χ1n) is 9.39. The van der Waals surface area contributed by atoms with Gasteiger partial charge in [0.15, 0.2) is 11.0 Å². The molecule has 7 nitrogen and oxygen atoms in total. The van der Waals surface area contributed by atoms with Crippen LogP contribution in [0.4, 0.5) is 11.4 Å². The Kier molecular flexibility index (Phi) is 7.13.